The minimum absolute atomic E-state index is 0.0343. The Morgan fingerprint density at radius 2 is 0.578 bits per heavy atom. The number of hydrogen-bond acceptors (Lipinski definition) is 20. The van der Waals surface area contributed by atoms with Gasteiger partial charge in [0.1, 0.15) is 23.7 Å². The monoisotopic (exact) mass is 1620 g/mol. The lowest BCUT2D eigenvalue weighted by atomic mass is 9.96. The van der Waals surface area contributed by atoms with E-state index in [2.05, 4.69) is 81.5 Å². The van der Waals surface area contributed by atoms with Crippen molar-refractivity contribution in [3.63, 3.8) is 0 Å². The number of nitrogens with one attached hydrogen (secondary N) is 4. The Morgan fingerprint density at radius 3 is 0.793 bits per heavy atom. The highest BCUT2D eigenvalue weighted by Gasteiger charge is 2.67. The summed E-state index contributed by atoms with van der Waals surface area (Å²) in [6.45, 7) is 5.86. The number of aryl methyl sites for hydroxylation is 7. The molecule has 0 radical (unpaired) electrons. The number of halogens is 9. The smallest absolute Gasteiger partial charge is 0.260 e. The number of anilines is 8. The van der Waals surface area contributed by atoms with Gasteiger partial charge in [0.2, 0.25) is 47.4 Å². The maximum Gasteiger partial charge on any atom is 0.260 e. The molecule has 37 heteroatoms. The second kappa shape index (κ2) is 29.6. The zero-order chi connectivity index (χ0) is 81.3. The van der Waals surface area contributed by atoms with Gasteiger partial charge in [-0.25, -0.2) is 75.0 Å². The molecule has 4 saturated carbocycles. The normalized spacial score (nSPS) is 27.0. The van der Waals surface area contributed by atoms with Gasteiger partial charge in [-0.1, -0.05) is 35.9 Å². The molecular formula is C79H85ClF8N24O4. The van der Waals surface area contributed by atoms with Crippen LogP contribution in [0, 0.1) is 44.4 Å². The van der Waals surface area contributed by atoms with Crippen molar-refractivity contribution < 1.29 is 54.3 Å². The van der Waals surface area contributed by atoms with Crippen LogP contribution in [0.4, 0.5) is 81.7 Å². The number of alkyl halides is 8. The minimum atomic E-state index is -2.84. The lowest BCUT2D eigenvalue weighted by Crippen LogP contribution is -2.44. The van der Waals surface area contributed by atoms with Gasteiger partial charge in [-0.2, -0.15) is 20.4 Å². The molecule has 4 amide bonds. The average Bonchev–Trinajstić information content (AvgIpc) is 1.60. The van der Waals surface area contributed by atoms with Crippen molar-refractivity contribution >= 4 is 104 Å². The third kappa shape index (κ3) is 15.7. The van der Waals surface area contributed by atoms with E-state index >= 15 is 0 Å². The molecule has 8 aromatic rings. The number of amides is 4. The fraction of sp³-hybridized carbons (Fsp3) is 0.494. The van der Waals surface area contributed by atoms with Gasteiger partial charge >= 0.3 is 0 Å². The third-order valence-corrected chi connectivity index (χ3v) is 24.1. The van der Waals surface area contributed by atoms with Crippen molar-refractivity contribution in [1.82, 2.24) is 98.6 Å². The highest BCUT2D eigenvalue weighted by Crippen LogP contribution is 2.56. The minimum Gasteiger partial charge on any atom is -0.332 e. The predicted molar refractivity (Wildman–Crippen MR) is 411 cm³/mol. The standard InChI is InChI=1S/3C20H22F2N6O.C19H19ClF2N6O/c3*1-11-8-23-19(25-13-9-24-27(2)10-13)26-17(11)12-5-14-3-4-15(6-12)28(14)18(29)16-7-20(16,21)22;1-27-9-11(7-24-27)25-18-23-8-15(20)16(26-18)10-4-12-2-3-13(5-10)28(12)17(29)14-6-19(14,21)22/h3*5,8-10,14-16H,3-4,6-7H2,1-2H3,(H,23,25,26);4,7-9,12-14H,2-3,5-6H2,1H3,(H,23,25,26)/t14?,15?,16-;14-,15+,16+;14-,15+,16-;12?,13?,14-/m0100/s1. The molecule has 8 bridgehead atoms. The summed E-state index contributed by atoms with van der Waals surface area (Å²) in [6, 6.07) is -0.766. The summed E-state index contributed by atoms with van der Waals surface area (Å²) >= 11 is 6.36. The molecule has 4 saturated heterocycles. The van der Waals surface area contributed by atoms with E-state index in [0.717, 1.165) is 130 Å². The molecule has 4 N–H and O–H groups in total. The molecule has 16 heterocycles. The summed E-state index contributed by atoms with van der Waals surface area (Å²) in [6.07, 6.45) is 36.6. The largest absolute Gasteiger partial charge is 0.332 e. The first kappa shape index (κ1) is 77.5. The third-order valence-electron chi connectivity index (χ3n) is 23.8. The van der Waals surface area contributed by atoms with Gasteiger partial charge in [0.25, 0.3) is 23.7 Å². The van der Waals surface area contributed by atoms with Crippen LogP contribution in [-0.2, 0) is 47.4 Å². The number of nitrogens with zero attached hydrogens (tertiary/aromatic N) is 20. The molecule has 8 aromatic heterocycles. The molecule has 608 valence electrons. The summed E-state index contributed by atoms with van der Waals surface area (Å²) < 4.78 is 114. The van der Waals surface area contributed by atoms with Crippen molar-refractivity contribution in [3.8, 4) is 0 Å². The van der Waals surface area contributed by atoms with Gasteiger partial charge in [0.05, 0.1) is 106 Å². The van der Waals surface area contributed by atoms with Crippen molar-refractivity contribution in [3.05, 3.63) is 143 Å². The quantitative estimate of drug-likeness (QED) is 0.0653. The van der Waals surface area contributed by atoms with Crippen LogP contribution in [0.15, 0.2) is 98.7 Å². The van der Waals surface area contributed by atoms with Crippen LogP contribution in [-0.4, -0.2) is 194 Å². The van der Waals surface area contributed by atoms with Crippen molar-refractivity contribution in [1.29, 1.82) is 0 Å². The molecule has 20 rings (SSSR count). The first-order valence-corrected chi connectivity index (χ1v) is 39.3. The van der Waals surface area contributed by atoms with E-state index in [-0.39, 0.29) is 74.0 Å². The number of rotatable bonds is 16. The molecule has 28 nitrogen and oxygen atoms in total. The summed E-state index contributed by atoms with van der Waals surface area (Å²) in [4.78, 5) is 92.9. The van der Waals surface area contributed by atoms with Crippen LogP contribution >= 0.6 is 11.6 Å². The average molecular weight is 1620 g/mol. The molecule has 8 aliphatic heterocycles. The van der Waals surface area contributed by atoms with Crippen LogP contribution in [0.5, 0.6) is 0 Å². The fourth-order valence-electron chi connectivity index (χ4n) is 17.6. The molecule has 12 atom stereocenters. The number of carbonyl (C=O) groups is 4. The first-order chi connectivity index (χ1) is 55.3. The maximum atomic E-state index is 13.4. The van der Waals surface area contributed by atoms with Gasteiger partial charge in [0.15, 0.2) is 0 Å². The predicted octanol–water partition coefficient (Wildman–Crippen LogP) is 12.6. The van der Waals surface area contributed by atoms with E-state index in [4.69, 9.17) is 11.6 Å². The van der Waals surface area contributed by atoms with Crippen molar-refractivity contribution in [2.24, 2.45) is 51.9 Å². The summed E-state index contributed by atoms with van der Waals surface area (Å²) in [7, 11) is 7.31. The zero-order valence-electron chi connectivity index (χ0n) is 64.5. The number of hydrogen-bond donors (Lipinski definition) is 4. The van der Waals surface area contributed by atoms with Gasteiger partial charge < -0.3 is 40.9 Å². The molecule has 4 aliphatic carbocycles. The Kier molecular flexibility index (Phi) is 19.8. The maximum absolute atomic E-state index is 13.4. The fourth-order valence-corrected chi connectivity index (χ4v) is 17.8. The summed E-state index contributed by atoms with van der Waals surface area (Å²) in [5, 5.41) is 29.4. The van der Waals surface area contributed by atoms with Gasteiger partial charge in [0, 0.05) is 121 Å². The summed E-state index contributed by atoms with van der Waals surface area (Å²) in [5.41, 5.74) is 13.2. The number of aromatic nitrogens is 16. The van der Waals surface area contributed by atoms with E-state index < -0.39 is 71.0 Å². The topological polar surface area (TPSA) is 304 Å². The van der Waals surface area contributed by atoms with E-state index in [9.17, 15) is 54.3 Å². The van der Waals surface area contributed by atoms with Crippen molar-refractivity contribution in [2.75, 3.05) is 21.3 Å². The summed E-state index contributed by atoms with van der Waals surface area (Å²) in [5.74, 6) is -15.6. The Balaban J connectivity index is 0.000000111. The van der Waals surface area contributed by atoms with Crippen LogP contribution in [0.25, 0.3) is 22.3 Å². The molecule has 116 heavy (non-hydrogen) atoms. The van der Waals surface area contributed by atoms with Gasteiger partial charge in [-0.15, -0.1) is 0 Å². The molecule has 4 unspecified atom stereocenters. The first-order valence-electron chi connectivity index (χ1n) is 39.0. The molecule has 0 spiro atoms. The Labute approximate surface area is 665 Å². The van der Waals surface area contributed by atoms with Crippen LogP contribution in [0.3, 0.4) is 0 Å². The molecular weight excluding hydrogens is 1540 g/mol. The molecule has 8 fully saturated rings. The van der Waals surface area contributed by atoms with Crippen LogP contribution < -0.4 is 21.3 Å². The number of fused-ring (bicyclic) bond motifs is 8. The van der Waals surface area contributed by atoms with Crippen LogP contribution in [0.1, 0.15) is 142 Å². The SMILES string of the molecule is Cc1cnc(Nc2cnn(C)c2)nc1C1=CC2CCC(C1)N2C(=O)[C@@H]1CC1(F)F.Cc1cnc(Nc2cnn(C)c2)nc1C1=C[C@@H]2CC[C@H](C1)N2C(=O)[C@@H]1CC1(F)F.Cc1cnc(Nc2cnn(C)c2)nc1C1=C[C@H]2CC[C@@H](C1)N2C(=O)[C@@H]1CC1(F)F.Cn1cc(Nc2ncc(Cl)c(C3=CC4CCC(C3)N4C(=O)[C@@H]3CC3(F)F)n2)cn1. The van der Waals surface area contributed by atoms with Gasteiger partial charge in [-0.05, 0) is 137 Å². The van der Waals surface area contributed by atoms with E-state index in [1.165, 1.54) is 6.20 Å². The number of carbonyl (C=O) groups excluding carboxylic acids is 4. The van der Waals surface area contributed by atoms with Gasteiger partial charge in [-0.3, -0.25) is 37.9 Å². The molecule has 0 aromatic carbocycles. The van der Waals surface area contributed by atoms with Crippen molar-refractivity contribution in [2.45, 2.75) is 196 Å². The van der Waals surface area contributed by atoms with E-state index in [1.807, 2.05) is 91.9 Å². The Hall–Kier alpha value is -11.1. The van der Waals surface area contributed by atoms with E-state index in [0.29, 0.717) is 60.2 Å². The highest BCUT2D eigenvalue weighted by molar-refractivity contribution is 6.32. The van der Waals surface area contributed by atoms with Crippen LogP contribution in [0.2, 0.25) is 5.02 Å². The Morgan fingerprint density at radius 1 is 0.353 bits per heavy atom. The molecule has 12 aliphatic rings. The highest BCUT2D eigenvalue weighted by atomic mass is 35.5. The Bertz CT molecular complexity index is 4720. The van der Waals surface area contributed by atoms with E-state index in [1.54, 1.807) is 87.9 Å². The lowest BCUT2D eigenvalue weighted by molar-refractivity contribution is -0.138. The second-order valence-electron chi connectivity index (χ2n) is 32.5. The second-order valence-corrected chi connectivity index (χ2v) is 32.9. The zero-order valence-corrected chi connectivity index (χ0v) is 65.2. The lowest BCUT2D eigenvalue weighted by Gasteiger charge is -2.34.